The van der Waals surface area contributed by atoms with E-state index >= 15 is 0 Å². The van der Waals surface area contributed by atoms with E-state index in [0.717, 1.165) is 0 Å². The highest BCUT2D eigenvalue weighted by Crippen LogP contribution is 2.10. The van der Waals surface area contributed by atoms with E-state index in [1.165, 1.54) is 0 Å². The van der Waals surface area contributed by atoms with Crippen molar-refractivity contribution in [3.8, 4) is 0 Å². The van der Waals surface area contributed by atoms with Crippen molar-refractivity contribution >= 4 is 22.7 Å². The number of rotatable bonds is 6. The predicted molar refractivity (Wildman–Crippen MR) is 53.1 cm³/mol. The Labute approximate surface area is 85.1 Å². The average Bonchev–Trinajstić information content (AvgIpc) is 1.99. The first-order valence-electron chi connectivity index (χ1n) is 4.24. The molecule has 2 unspecified atom stereocenters. The summed E-state index contributed by atoms with van der Waals surface area (Å²) >= 11 is 0. The Kier molecular flexibility index (Phi) is 5.37. The van der Waals surface area contributed by atoms with Gasteiger partial charge < -0.3 is 10.8 Å². The average molecular weight is 221 g/mol. The Balaban J connectivity index is 4.31. The first-order valence-corrected chi connectivity index (χ1v) is 5.62. The van der Waals surface area contributed by atoms with E-state index in [1.54, 1.807) is 13.8 Å². The van der Waals surface area contributed by atoms with Gasteiger partial charge in [-0.15, -0.1) is 0 Å². The summed E-state index contributed by atoms with van der Waals surface area (Å²) in [5.74, 6) is -1.86. The standard InChI is InChI=1S/C8H15NO4S/c1-5(2)7(8(11)12)14(13)4-3-6(9)10/h5,7H,3-4H2,1-2H3,(H2,9,10)(H,11,12). The van der Waals surface area contributed by atoms with Crippen molar-refractivity contribution in [2.24, 2.45) is 11.7 Å². The van der Waals surface area contributed by atoms with Gasteiger partial charge >= 0.3 is 5.97 Å². The molecule has 0 saturated carbocycles. The van der Waals surface area contributed by atoms with Crippen molar-refractivity contribution in [2.75, 3.05) is 5.75 Å². The molecule has 0 aromatic rings. The molecule has 0 aromatic heterocycles. The van der Waals surface area contributed by atoms with Crippen LogP contribution in [0, 0.1) is 5.92 Å². The van der Waals surface area contributed by atoms with Crippen LogP contribution in [0.1, 0.15) is 20.3 Å². The Morgan fingerprint density at radius 1 is 1.43 bits per heavy atom. The lowest BCUT2D eigenvalue weighted by atomic mass is 10.1. The van der Waals surface area contributed by atoms with Crippen LogP contribution < -0.4 is 5.73 Å². The van der Waals surface area contributed by atoms with Crippen molar-refractivity contribution in [3.05, 3.63) is 0 Å². The minimum Gasteiger partial charge on any atom is -0.480 e. The summed E-state index contributed by atoms with van der Waals surface area (Å²) in [5.41, 5.74) is 4.87. The highest BCUT2D eigenvalue weighted by atomic mass is 32.2. The van der Waals surface area contributed by atoms with E-state index in [-0.39, 0.29) is 18.1 Å². The molecule has 0 aliphatic carbocycles. The van der Waals surface area contributed by atoms with Gasteiger partial charge in [-0.25, -0.2) is 0 Å². The molecule has 0 aliphatic heterocycles. The molecule has 0 saturated heterocycles. The first kappa shape index (κ1) is 13.1. The second-order valence-electron chi connectivity index (χ2n) is 3.30. The van der Waals surface area contributed by atoms with E-state index in [4.69, 9.17) is 10.8 Å². The Morgan fingerprint density at radius 2 is 1.93 bits per heavy atom. The monoisotopic (exact) mass is 221 g/mol. The van der Waals surface area contributed by atoms with Crippen LogP contribution in [0.25, 0.3) is 0 Å². The predicted octanol–water partition coefficient (Wildman–Crippen LogP) is -0.280. The maximum Gasteiger partial charge on any atom is 0.319 e. The number of nitrogens with two attached hydrogens (primary N) is 1. The number of carbonyl (C=O) groups is 2. The summed E-state index contributed by atoms with van der Waals surface area (Å²) in [6.07, 6.45) is -0.0386. The van der Waals surface area contributed by atoms with Gasteiger partial charge in [0.25, 0.3) is 0 Å². The maximum atomic E-state index is 11.5. The molecule has 0 rings (SSSR count). The molecule has 3 N–H and O–H groups in total. The number of amides is 1. The number of aliphatic carboxylic acids is 1. The van der Waals surface area contributed by atoms with Crippen LogP contribution in [0.3, 0.4) is 0 Å². The van der Waals surface area contributed by atoms with Gasteiger partial charge in [-0.05, 0) is 5.92 Å². The third kappa shape index (κ3) is 4.36. The summed E-state index contributed by atoms with van der Waals surface area (Å²) in [4.78, 5) is 21.1. The topological polar surface area (TPSA) is 97.5 Å². The van der Waals surface area contributed by atoms with Crippen LogP contribution >= 0.6 is 0 Å². The van der Waals surface area contributed by atoms with Gasteiger partial charge in [0.2, 0.25) is 5.91 Å². The number of carboxylic acid groups (broad SMARTS) is 1. The highest BCUT2D eigenvalue weighted by Gasteiger charge is 2.27. The first-order chi connectivity index (χ1) is 6.36. The Morgan fingerprint density at radius 3 is 2.21 bits per heavy atom. The fourth-order valence-electron chi connectivity index (χ4n) is 1.03. The third-order valence-electron chi connectivity index (χ3n) is 1.68. The zero-order valence-electron chi connectivity index (χ0n) is 8.23. The van der Waals surface area contributed by atoms with Gasteiger partial charge in [-0.2, -0.15) is 0 Å². The van der Waals surface area contributed by atoms with Crippen LogP contribution in [0.5, 0.6) is 0 Å². The fraction of sp³-hybridized carbons (Fsp3) is 0.750. The summed E-state index contributed by atoms with van der Waals surface area (Å²) in [6.45, 7) is 3.36. The zero-order chi connectivity index (χ0) is 11.3. The van der Waals surface area contributed by atoms with Crippen LogP contribution in [-0.4, -0.2) is 32.2 Å². The molecule has 0 aromatic carbocycles. The van der Waals surface area contributed by atoms with Crippen molar-refractivity contribution in [2.45, 2.75) is 25.5 Å². The van der Waals surface area contributed by atoms with Crippen molar-refractivity contribution < 1.29 is 18.9 Å². The zero-order valence-corrected chi connectivity index (χ0v) is 9.04. The van der Waals surface area contributed by atoms with E-state index < -0.39 is 27.9 Å². The van der Waals surface area contributed by atoms with Gasteiger partial charge in [0.1, 0.15) is 5.25 Å². The number of carbonyl (C=O) groups excluding carboxylic acids is 1. The van der Waals surface area contributed by atoms with Crippen LogP contribution in [-0.2, 0) is 20.4 Å². The number of carboxylic acids is 1. The Hall–Kier alpha value is -0.910. The van der Waals surface area contributed by atoms with E-state index in [0.29, 0.717) is 0 Å². The quantitative estimate of drug-likeness (QED) is 0.644. The molecule has 1 amide bonds. The SMILES string of the molecule is CC(C)C(C(=O)O)S(=O)CCC(N)=O. The lowest BCUT2D eigenvalue weighted by Gasteiger charge is -2.14. The molecular formula is C8H15NO4S. The van der Waals surface area contributed by atoms with E-state index in [2.05, 4.69) is 0 Å². The van der Waals surface area contributed by atoms with Crippen LogP contribution in [0.4, 0.5) is 0 Å². The van der Waals surface area contributed by atoms with Gasteiger partial charge in [-0.1, -0.05) is 13.8 Å². The van der Waals surface area contributed by atoms with Gasteiger partial charge in [0, 0.05) is 23.0 Å². The molecule has 6 heteroatoms. The molecule has 0 radical (unpaired) electrons. The molecule has 0 bridgehead atoms. The maximum absolute atomic E-state index is 11.5. The Bertz CT molecular complexity index is 252. The number of primary amides is 1. The van der Waals surface area contributed by atoms with Crippen molar-refractivity contribution in [3.63, 3.8) is 0 Å². The minimum atomic E-state index is -1.54. The molecule has 82 valence electrons. The molecule has 0 heterocycles. The number of hydrogen-bond donors (Lipinski definition) is 2. The molecule has 14 heavy (non-hydrogen) atoms. The molecular weight excluding hydrogens is 206 g/mol. The van der Waals surface area contributed by atoms with Crippen LogP contribution in [0.15, 0.2) is 0 Å². The molecule has 2 atom stereocenters. The fourth-order valence-corrected chi connectivity index (χ4v) is 2.52. The van der Waals surface area contributed by atoms with Crippen molar-refractivity contribution in [1.82, 2.24) is 0 Å². The molecule has 0 aliphatic rings. The lowest BCUT2D eigenvalue weighted by Crippen LogP contribution is -2.33. The van der Waals surface area contributed by atoms with Crippen LogP contribution in [0.2, 0.25) is 0 Å². The largest absolute Gasteiger partial charge is 0.480 e. The van der Waals surface area contributed by atoms with Gasteiger partial charge in [0.05, 0.1) is 0 Å². The smallest absolute Gasteiger partial charge is 0.319 e. The molecule has 0 fully saturated rings. The molecule has 0 spiro atoms. The number of hydrogen-bond acceptors (Lipinski definition) is 3. The summed E-state index contributed by atoms with van der Waals surface area (Å²) < 4.78 is 11.5. The minimum absolute atomic E-state index is 0.0183. The second-order valence-corrected chi connectivity index (χ2v) is 4.98. The van der Waals surface area contributed by atoms with Gasteiger partial charge in [-0.3, -0.25) is 13.8 Å². The van der Waals surface area contributed by atoms with E-state index in [1.807, 2.05) is 0 Å². The lowest BCUT2D eigenvalue weighted by molar-refractivity contribution is -0.137. The molecule has 5 nitrogen and oxygen atoms in total. The normalized spacial score (nSPS) is 15.1. The summed E-state index contributed by atoms with van der Waals surface area (Å²) in [6, 6.07) is 0. The summed E-state index contributed by atoms with van der Waals surface area (Å²) in [7, 11) is -1.54. The van der Waals surface area contributed by atoms with E-state index in [9.17, 15) is 13.8 Å². The summed E-state index contributed by atoms with van der Waals surface area (Å²) in [5, 5.41) is 7.85. The third-order valence-corrected chi connectivity index (χ3v) is 3.60. The second kappa shape index (κ2) is 5.74. The highest BCUT2D eigenvalue weighted by molar-refractivity contribution is 7.86. The van der Waals surface area contributed by atoms with Gasteiger partial charge in [0.15, 0.2) is 0 Å². The van der Waals surface area contributed by atoms with Crippen molar-refractivity contribution in [1.29, 1.82) is 0 Å².